The SMILES string of the molecule is CC1CNC(=O)[C@@H]1N. The maximum atomic E-state index is 10.5. The molecule has 2 atom stereocenters. The Morgan fingerprint density at radius 2 is 2.50 bits per heavy atom. The average molecular weight is 114 g/mol. The molecule has 1 saturated heterocycles. The minimum atomic E-state index is -0.269. The van der Waals surface area contributed by atoms with Crippen molar-refractivity contribution in [2.45, 2.75) is 13.0 Å². The van der Waals surface area contributed by atoms with E-state index in [-0.39, 0.29) is 11.9 Å². The van der Waals surface area contributed by atoms with E-state index in [0.29, 0.717) is 5.92 Å². The molecule has 3 N–H and O–H groups in total. The number of hydrogen-bond donors (Lipinski definition) is 2. The molecule has 1 unspecified atom stereocenters. The van der Waals surface area contributed by atoms with E-state index in [9.17, 15) is 4.79 Å². The first-order valence-electron chi connectivity index (χ1n) is 2.75. The van der Waals surface area contributed by atoms with Gasteiger partial charge in [-0.1, -0.05) is 6.92 Å². The zero-order valence-corrected chi connectivity index (χ0v) is 4.85. The highest BCUT2D eigenvalue weighted by Gasteiger charge is 2.26. The molecule has 0 radical (unpaired) electrons. The Hall–Kier alpha value is -0.570. The summed E-state index contributed by atoms with van der Waals surface area (Å²) in [5.41, 5.74) is 5.41. The van der Waals surface area contributed by atoms with Crippen molar-refractivity contribution in [2.75, 3.05) is 6.54 Å². The van der Waals surface area contributed by atoms with Gasteiger partial charge in [-0.3, -0.25) is 4.79 Å². The van der Waals surface area contributed by atoms with E-state index in [0.717, 1.165) is 6.54 Å². The van der Waals surface area contributed by atoms with E-state index < -0.39 is 0 Å². The number of nitrogens with one attached hydrogen (secondary N) is 1. The van der Waals surface area contributed by atoms with Gasteiger partial charge in [-0.25, -0.2) is 0 Å². The van der Waals surface area contributed by atoms with Gasteiger partial charge in [-0.05, 0) is 5.92 Å². The Balaban J connectivity index is 2.56. The first kappa shape index (κ1) is 5.56. The van der Waals surface area contributed by atoms with Crippen molar-refractivity contribution in [3.63, 3.8) is 0 Å². The molecule has 1 aliphatic rings. The lowest BCUT2D eigenvalue weighted by molar-refractivity contribution is -0.120. The molecule has 0 aromatic heterocycles. The summed E-state index contributed by atoms with van der Waals surface area (Å²) in [5, 5.41) is 2.66. The van der Waals surface area contributed by atoms with Gasteiger partial charge in [0.05, 0.1) is 6.04 Å². The van der Waals surface area contributed by atoms with E-state index in [1.165, 1.54) is 0 Å². The fraction of sp³-hybridized carbons (Fsp3) is 0.800. The van der Waals surface area contributed by atoms with Crippen LogP contribution in [0.5, 0.6) is 0 Å². The van der Waals surface area contributed by atoms with Crippen LogP contribution < -0.4 is 11.1 Å². The molecule has 8 heavy (non-hydrogen) atoms. The van der Waals surface area contributed by atoms with Gasteiger partial charge >= 0.3 is 0 Å². The van der Waals surface area contributed by atoms with Crippen molar-refractivity contribution >= 4 is 5.91 Å². The maximum absolute atomic E-state index is 10.5. The summed E-state index contributed by atoms with van der Waals surface area (Å²) >= 11 is 0. The third-order valence-corrected chi connectivity index (χ3v) is 1.51. The summed E-state index contributed by atoms with van der Waals surface area (Å²) in [4.78, 5) is 10.5. The highest BCUT2D eigenvalue weighted by molar-refractivity contribution is 5.83. The van der Waals surface area contributed by atoms with E-state index in [1.807, 2.05) is 6.92 Å². The van der Waals surface area contributed by atoms with Crippen LogP contribution in [-0.2, 0) is 4.79 Å². The molecule has 3 nitrogen and oxygen atoms in total. The number of rotatable bonds is 0. The Morgan fingerprint density at radius 1 is 1.88 bits per heavy atom. The van der Waals surface area contributed by atoms with Gasteiger partial charge in [0.1, 0.15) is 0 Å². The minimum absolute atomic E-state index is 0.0162. The number of hydrogen-bond acceptors (Lipinski definition) is 2. The molecular formula is C5H10N2O. The lowest BCUT2D eigenvalue weighted by Crippen LogP contribution is -2.32. The summed E-state index contributed by atoms with van der Waals surface area (Å²) in [6.07, 6.45) is 0. The Labute approximate surface area is 48.2 Å². The van der Waals surface area contributed by atoms with Crippen LogP contribution in [0.2, 0.25) is 0 Å². The molecule has 0 saturated carbocycles. The number of nitrogens with two attached hydrogens (primary N) is 1. The molecule has 0 bridgehead atoms. The van der Waals surface area contributed by atoms with Crippen LogP contribution in [0.15, 0.2) is 0 Å². The Morgan fingerprint density at radius 3 is 2.62 bits per heavy atom. The van der Waals surface area contributed by atoms with Crippen molar-refractivity contribution in [1.29, 1.82) is 0 Å². The lowest BCUT2D eigenvalue weighted by Gasteiger charge is -2.01. The van der Waals surface area contributed by atoms with Crippen LogP contribution in [0.4, 0.5) is 0 Å². The predicted molar refractivity (Wildman–Crippen MR) is 30.1 cm³/mol. The molecule has 46 valence electrons. The van der Waals surface area contributed by atoms with Crippen LogP contribution in [-0.4, -0.2) is 18.5 Å². The summed E-state index contributed by atoms with van der Waals surface area (Å²) in [6, 6.07) is -0.269. The highest BCUT2D eigenvalue weighted by Crippen LogP contribution is 2.04. The minimum Gasteiger partial charge on any atom is -0.354 e. The summed E-state index contributed by atoms with van der Waals surface area (Å²) in [7, 11) is 0. The van der Waals surface area contributed by atoms with Crippen molar-refractivity contribution in [3.05, 3.63) is 0 Å². The van der Waals surface area contributed by atoms with Gasteiger partial charge in [0, 0.05) is 6.54 Å². The highest BCUT2D eigenvalue weighted by atomic mass is 16.2. The van der Waals surface area contributed by atoms with Crippen molar-refractivity contribution < 1.29 is 4.79 Å². The molecule has 1 amide bonds. The second-order valence-electron chi connectivity index (χ2n) is 2.25. The van der Waals surface area contributed by atoms with E-state index in [2.05, 4.69) is 5.32 Å². The van der Waals surface area contributed by atoms with E-state index in [4.69, 9.17) is 5.73 Å². The molecule has 0 spiro atoms. The van der Waals surface area contributed by atoms with Gasteiger partial charge in [0.2, 0.25) is 5.91 Å². The third-order valence-electron chi connectivity index (χ3n) is 1.51. The first-order valence-corrected chi connectivity index (χ1v) is 2.75. The van der Waals surface area contributed by atoms with E-state index >= 15 is 0 Å². The molecule has 1 rings (SSSR count). The topological polar surface area (TPSA) is 55.1 Å². The first-order chi connectivity index (χ1) is 3.72. The van der Waals surface area contributed by atoms with Crippen molar-refractivity contribution in [2.24, 2.45) is 11.7 Å². The van der Waals surface area contributed by atoms with Gasteiger partial charge in [0.25, 0.3) is 0 Å². The molecule has 1 fully saturated rings. The fourth-order valence-corrected chi connectivity index (χ4v) is 0.765. The van der Waals surface area contributed by atoms with Crippen molar-refractivity contribution in [3.8, 4) is 0 Å². The predicted octanol–water partition coefficient (Wildman–Crippen LogP) is -0.920. The number of carbonyl (C=O) groups is 1. The monoisotopic (exact) mass is 114 g/mol. The standard InChI is InChI=1S/C5H10N2O/c1-3-2-7-5(8)4(3)6/h3-4H,2,6H2,1H3,(H,7,8)/t3?,4-/m1/s1. The summed E-state index contributed by atoms with van der Waals surface area (Å²) in [6.45, 7) is 2.70. The number of amides is 1. The maximum Gasteiger partial charge on any atom is 0.237 e. The molecular weight excluding hydrogens is 104 g/mol. The molecule has 0 aromatic carbocycles. The lowest BCUT2D eigenvalue weighted by atomic mass is 10.1. The molecule has 0 aliphatic carbocycles. The van der Waals surface area contributed by atoms with E-state index in [1.54, 1.807) is 0 Å². The van der Waals surface area contributed by atoms with Gasteiger partial charge in [0.15, 0.2) is 0 Å². The third kappa shape index (κ3) is 0.690. The zero-order valence-electron chi connectivity index (χ0n) is 4.85. The Bertz CT molecular complexity index is 113. The normalized spacial score (nSPS) is 37.5. The molecule has 0 aromatic rings. The van der Waals surface area contributed by atoms with Gasteiger partial charge in [-0.15, -0.1) is 0 Å². The van der Waals surface area contributed by atoms with Crippen LogP contribution in [0.1, 0.15) is 6.92 Å². The summed E-state index contributed by atoms with van der Waals surface area (Å²) < 4.78 is 0. The smallest absolute Gasteiger partial charge is 0.237 e. The summed E-state index contributed by atoms with van der Waals surface area (Å²) in [5.74, 6) is 0.292. The van der Waals surface area contributed by atoms with Gasteiger partial charge < -0.3 is 11.1 Å². The molecule has 1 heterocycles. The second-order valence-corrected chi connectivity index (χ2v) is 2.25. The second kappa shape index (κ2) is 1.74. The average Bonchev–Trinajstić information content (AvgIpc) is 1.98. The fourth-order valence-electron chi connectivity index (χ4n) is 0.765. The molecule has 3 heteroatoms. The zero-order chi connectivity index (χ0) is 6.15. The van der Waals surface area contributed by atoms with Crippen LogP contribution >= 0.6 is 0 Å². The largest absolute Gasteiger partial charge is 0.354 e. The van der Waals surface area contributed by atoms with Crippen molar-refractivity contribution in [1.82, 2.24) is 5.32 Å². The van der Waals surface area contributed by atoms with Gasteiger partial charge in [-0.2, -0.15) is 0 Å². The number of carbonyl (C=O) groups excluding carboxylic acids is 1. The van der Waals surface area contributed by atoms with Crippen LogP contribution in [0.3, 0.4) is 0 Å². The quantitative estimate of drug-likeness (QED) is 0.428. The van der Waals surface area contributed by atoms with Crippen LogP contribution in [0.25, 0.3) is 0 Å². The van der Waals surface area contributed by atoms with Crippen LogP contribution in [0, 0.1) is 5.92 Å². The Kier molecular flexibility index (Phi) is 1.21. The molecule has 1 aliphatic heterocycles.